The van der Waals surface area contributed by atoms with E-state index in [-0.39, 0.29) is 24.2 Å². The van der Waals surface area contributed by atoms with Gasteiger partial charge in [0, 0.05) is 21.8 Å². The van der Waals surface area contributed by atoms with E-state index in [4.69, 9.17) is 16.3 Å². The van der Waals surface area contributed by atoms with E-state index in [0.29, 0.717) is 39.8 Å². The topological polar surface area (TPSA) is 58.6 Å². The molecule has 0 aromatic heterocycles. The van der Waals surface area contributed by atoms with Gasteiger partial charge in [0.15, 0.2) is 0 Å². The third kappa shape index (κ3) is 5.17. The van der Waals surface area contributed by atoms with Crippen LogP contribution in [0.25, 0.3) is 0 Å². The number of hydrogen-bond acceptors (Lipinski definition) is 3. The van der Waals surface area contributed by atoms with Crippen LogP contribution in [0.5, 0.6) is 5.75 Å². The van der Waals surface area contributed by atoms with Gasteiger partial charge >= 0.3 is 0 Å². The Hall–Kier alpha value is -3.38. The minimum atomic E-state index is -0.607. The van der Waals surface area contributed by atoms with Crippen LogP contribution in [0.4, 0.5) is 10.1 Å². The molecular weight excluding hydrogens is 443 g/mol. The van der Waals surface area contributed by atoms with E-state index in [1.54, 1.807) is 54.6 Å². The van der Waals surface area contributed by atoms with E-state index in [2.05, 4.69) is 12.2 Å². The monoisotopic (exact) mass is 466 g/mol. The predicted octanol–water partition coefficient (Wildman–Crippen LogP) is 5.84. The fraction of sp³-hybridized carbons (Fsp3) is 0.231. The standard InChI is InChI=1S/C26H24ClFN2O3/c1-2-3-14-33-21-11-6-18(7-12-21)26(32)30-16-24(31)29-23-15-19(27)8-13-22(23)25(30)17-4-9-20(28)10-5-17/h4-13,15,25H,2-3,14,16H2,1H3,(H,29,31). The Morgan fingerprint density at radius 2 is 1.85 bits per heavy atom. The lowest BCUT2D eigenvalue weighted by atomic mass is 9.95. The van der Waals surface area contributed by atoms with Gasteiger partial charge in [-0.15, -0.1) is 0 Å². The Labute approximate surface area is 197 Å². The Morgan fingerprint density at radius 1 is 1.12 bits per heavy atom. The lowest BCUT2D eigenvalue weighted by Gasteiger charge is -2.30. The van der Waals surface area contributed by atoms with Crippen molar-refractivity contribution in [2.24, 2.45) is 0 Å². The second kappa shape index (κ2) is 10.0. The van der Waals surface area contributed by atoms with Gasteiger partial charge in [0.1, 0.15) is 18.1 Å². The molecule has 1 N–H and O–H groups in total. The van der Waals surface area contributed by atoms with Crippen molar-refractivity contribution in [1.29, 1.82) is 0 Å². The average molecular weight is 467 g/mol. The molecule has 170 valence electrons. The van der Waals surface area contributed by atoms with Crippen molar-refractivity contribution >= 4 is 29.1 Å². The maximum atomic E-state index is 13.6. The normalized spacial score (nSPS) is 15.4. The summed E-state index contributed by atoms with van der Waals surface area (Å²) in [6, 6.07) is 17.4. The molecule has 3 aromatic carbocycles. The van der Waals surface area contributed by atoms with Crippen LogP contribution in [0.15, 0.2) is 66.7 Å². The minimum absolute atomic E-state index is 0.165. The summed E-state index contributed by atoms with van der Waals surface area (Å²) in [7, 11) is 0. The van der Waals surface area contributed by atoms with Crippen molar-refractivity contribution < 1.29 is 18.7 Å². The van der Waals surface area contributed by atoms with Crippen LogP contribution in [0, 0.1) is 5.82 Å². The van der Waals surface area contributed by atoms with E-state index in [0.717, 1.165) is 12.8 Å². The van der Waals surface area contributed by atoms with Crippen molar-refractivity contribution in [2.45, 2.75) is 25.8 Å². The number of benzene rings is 3. The van der Waals surface area contributed by atoms with E-state index in [9.17, 15) is 14.0 Å². The third-order valence-electron chi connectivity index (χ3n) is 5.52. The summed E-state index contributed by atoms with van der Waals surface area (Å²) in [6.07, 6.45) is 1.98. The van der Waals surface area contributed by atoms with Crippen molar-refractivity contribution in [3.8, 4) is 5.75 Å². The smallest absolute Gasteiger partial charge is 0.255 e. The van der Waals surface area contributed by atoms with Gasteiger partial charge in [-0.05, 0) is 60.5 Å². The van der Waals surface area contributed by atoms with Crippen molar-refractivity contribution in [1.82, 2.24) is 4.90 Å². The number of nitrogens with one attached hydrogen (secondary N) is 1. The largest absolute Gasteiger partial charge is 0.494 e. The highest BCUT2D eigenvalue weighted by Crippen LogP contribution is 2.38. The van der Waals surface area contributed by atoms with Gasteiger partial charge in [-0.2, -0.15) is 0 Å². The fourth-order valence-corrected chi connectivity index (χ4v) is 4.04. The predicted molar refractivity (Wildman–Crippen MR) is 126 cm³/mol. The van der Waals surface area contributed by atoms with Crippen molar-refractivity contribution in [3.63, 3.8) is 0 Å². The number of rotatable bonds is 6. The zero-order valence-corrected chi connectivity index (χ0v) is 18.9. The lowest BCUT2D eigenvalue weighted by Crippen LogP contribution is -2.39. The molecule has 2 amide bonds. The zero-order chi connectivity index (χ0) is 23.4. The molecule has 0 saturated heterocycles. The molecule has 1 heterocycles. The Bertz CT molecular complexity index is 1150. The molecule has 0 radical (unpaired) electrons. The van der Waals surface area contributed by atoms with Gasteiger partial charge in [-0.1, -0.05) is 43.1 Å². The number of carbonyl (C=O) groups is 2. The van der Waals surface area contributed by atoms with Gasteiger partial charge in [0.2, 0.25) is 5.91 Å². The number of ether oxygens (including phenoxy) is 1. The molecule has 0 aliphatic carbocycles. The molecule has 3 aromatic rings. The molecule has 0 bridgehead atoms. The minimum Gasteiger partial charge on any atom is -0.494 e. The second-order valence-electron chi connectivity index (χ2n) is 7.89. The van der Waals surface area contributed by atoms with Crippen LogP contribution in [0.1, 0.15) is 47.3 Å². The maximum Gasteiger partial charge on any atom is 0.255 e. The van der Waals surface area contributed by atoms with Crippen molar-refractivity contribution in [2.75, 3.05) is 18.5 Å². The maximum absolute atomic E-state index is 13.6. The molecule has 0 fully saturated rings. The Balaban J connectivity index is 1.72. The zero-order valence-electron chi connectivity index (χ0n) is 18.2. The van der Waals surface area contributed by atoms with Gasteiger partial charge in [0.05, 0.1) is 12.6 Å². The van der Waals surface area contributed by atoms with Crippen LogP contribution in [-0.2, 0) is 4.79 Å². The number of nitrogens with zero attached hydrogens (tertiary/aromatic N) is 1. The Morgan fingerprint density at radius 3 is 2.55 bits per heavy atom. The van der Waals surface area contributed by atoms with Crippen molar-refractivity contribution in [3.05, 3.63) is 94.3 Å². The average Bonchev–Trinajstić information content (AvgIpc) is 2.95. The number of anilines is 1. The SMILES string of the molecule is CCCCOc1ccc(C(=O)N2CC(=O)Nc3cc(Cl)ccc3C2c2ccc(F)cc2)cc1. The lowest BCUT2D eigenvalue weighted by molar-refractivity contribution is -0.117. The molecule has 1 unspecified atom stereocenters. The number of hydrogen-bond donors (Lipinski definition) is 1. The van der Waals surface area contributed by atoms with E-state index in [1.165, 1.54) is 17.0 Å². The number of unbranched alkanes of at least 4 members (excludes halogenated alkanes) is 1. The highest BCUT2D eigenvalue weighted by atomic mass is 35.5. The van der Waals surface area contributed by atoms with E-state index >= 15 is 0 Å². The van der Waals surface area contributed by atoms with Gasteiger partial charge < -0.3 is 15.0 Å². The van der Waals surface area contributed by atoms with E-state index in [1.807, 2.05) is 0 Å². The fourth-order valence-electron chi connectivity index (χ4n) is 3.87. The summed E-state index contributed by atoms with van der Waals surface area (Å²) < 4.78 is 19.3. The van der Waals surface area contributed by atoms with Gasteiger partial charge in [-0.25, -0.2) is 4.39 Å². The summed E-state index contributed by atoms with van der Waals surface area (Å²) in [5.74, 6) is -0.350. The summed E-state index contributed by atoms with van der Waals surface area (Å²) in [6.45, 7) is 2.54. The first-order valence-electron chi connectivity index (χ1n) is 10.8. The highest BCUT2D eigenvalue weighted by molar-refractivity contribution is 6.31. The van der Waals surface area contributed by atoms with Crippen LogP contribution >= 0.6 is 11.6 Å². The van der Waals surface area contributed by atoms with E-state index < -0.39 is 6.04 Å². The van der Waals surface area contributed by atoms with Crippen LogP contribution < -0.4 is 10.1 Å². The van der Waals surface area contributed by atoms with Crippen LogP contribution in [0.2, 0.25) is 5.02 Å². The number of halogens is 2. The third-order valence-corrected chi connectivity index (χ3v) is 5.76. The summed E-state index contributed by atoms with van der Waals surface area (Å²) in [5, 5.41) is 3.30. The molecule has 0 spiro atoms. The first kappa shape index (κ1) is 22.8. The van der Waals surface area contributed by atoms with Gasteiger partial charge in [0.25, 0.3) is 5.91 Å². The number of amides is 2. The second-order valence-corrected chi connectivity index (χ2v) is 8.33. The first-order valence-corrected chi connectivity index (χ1v) is 11.2. The number of fused-ring (bicyclic) bond motifs is 1. The number of carbonyl (C=O) groups excluding carboxylic acids is 2. The molecule has 7 heteroatoms. The Kier molecular flexibility index (Phi) is 6.94. The molecule has 5 nitrogen and oxygen atoms in total. The molecule has 1 aliphatic rings. The summed E-state index contributed by atoms with van der Waals surface area (Å²) in [5.41, 5.74) is 2.33. The quantitative estimate of drug-likeness (QED) is 0.464. The summed E-state index contributed by atoms with van der Waals surface area (Å²) in [4.78, 5) is 27.8. The summed E-state index contributed by atoms with van der Waals surface area (Å²) >= 11 is 6.15. The van der Waals surface area contributed by atoms with Crippen LogP contribution in [0.3, 0.4) is 0 Å². The molecule has 1 aliphatic heterocycles. The highest BCUT2D eigenvalue weighted by Gasteiger charge is 2.34. The molecule has 4 rings (SSSR count). The molecule has 33 heavy (non-hydrogen) atoms. The molecular formula is C26H24ClFN2O3. The first-order chi connectivity index (χ1) is 16.0. The van der Waals surface area contributed by atoms with Gasteiger partial charge in [-0.3, -0.25) is 9.59 Å². The molecule has 0 saturated carbocycles. The molecule has 1 atom stereocenters. The van der Waals surface area contributed by atoms with Crippen LogP contribution in [-0.4, -0.2) is 29.9 Å².